The Morgan fingerprint density at radius 3 is 2.50 bits per heavy atom. The molecule has 2 aromatic rings. The molecule has 1 heterocycles. The summed E-state index contributed by atoms with van der Waals surface area (Å²) in [5, 5.41) is 6.54. The van der Waals surface area contributed by atoms with Crippen LogP contribution < -0.4 is 9.47 Å². The maximum absolute atomic E-state index is 13.0. The summed E-state index contributed by atoms with van der Waals surface area (Å²) in [4.78, 5) is 12.2. The van der Waals surface area contributed by atoms with Crippen molar-refractivity contribution in [2.75, 3.05) is 20.2 Å². The number of esters is 1. The van der Waals surface area contributed by atoms with Crippen molar-refractivity contribution in [3.05, 3.63) is 59.4 Å². The van der Waals surface area contributed by atoms with Gasteiger partial charge >= 0.3 is 5.97 Å². The molecule has 0 unspecified atom stereocenters. The Labute approximate surface area is 152 Å². The minimum atomic E-state index is -0.571. The third kappa shape index (κ3) is 4.59. The van der Waals surface area contributed by atoms with E-state index in [4.69, 9.17) is 9.47 Å². The van der Waals surface area contributed by atoms with Crippen molar-refractivity contribution in [1.29, 1.82) is 0 Å². The Morgan fingerprint density at radius 1 is 1.08 bits per heavy atom. The Balaban J connectivity index is 1.70. The van der Waals surface area contributed by atoms with Crippen LogP contribution in [-0.2, 0) is 0 Å². The number of methoxy groups -OCH3 is 1. The molecule has 2 aromatic carbocycles. The van der Waals surface area contributed by atoms with Crippen LogP contribution in [0.2, 0.25) is 0 Å². The fourth-order valence-electron chi connectivity index (χ4n) is 2.73. The zero-order valence-corrected chi connectivity index (χ0v) is 14.7. The lowest BCUT2D eigenvalue weighted by molar-refractivity contribution is 0.0729. The SMILES string of the molecule is COc1cc(/C=N\N2CCCCC2)ccc1OC(=O)c1ccc(F)cc1. The van der Waals surface area contributed by atoms with Crippen molar-refractivity contribution in [3.8, 4) is 11.5 Å². The molecule has 1 aliphatic heterocycles. The lowest BCUT2D eigenvalue weighted by Crippen LogP contribution is -2.24. The normalized spacial score (nSPS) is 14.5. The number of piperidine rings is 1. The molecule has 136 valence electrons. The Kier molecular flexibility index (Phi) is 5.84. The van der Waals surface area contributed by atoms with Gasteiger partial charge in [0.1, 0.15) is 5.82 Å². The second kappa shape index (κ2) is 8.47. The lowest BCUT2D eigenvalue weighted by Gasteiger charge is -2.23. The molecule has 6 heteroatoms. The van der Waals surface area contributed by atoms with E-state index in [0.717, 1.165) is 18.7 Å². The molecule has 0 aliphatic carbocycles. The highest BCUT2D eigenvalue weighted by Crippen LogP contribution is 2.28. The summed E-state index contributed by atoms with van der Waals surface area (Å²) in [6.07, 6.45) is 5.37. The first-order chi connectivity index (χ1) is 12.7. The van der Waals surface area contributed by atoms with E-state index in [1.807, 2.05) is 6.07 Å². The first-order valence-electron chi connectivity index (χ1n) is 8.60. The van der Waals surface area contributed by atoms with Gasteiger partial charge in [-0.05, 0) is 67.3 Å². The van der Waals surface area contributed by atoms with Gasteiger partial charge in [0.15, 0.2) is 11.5 Å². The van der Waals surface area contributed by atoms with Gasteiger partial charge in [-0.1, -0.05) is 0 Å². The fourth-order valence-corrected chi connectivity index (χ4v) is 2.73. The molecule has 1 saturated heterocycles. The molecule has 0 saturated carbocycles. The van der Waals surface area contributed by atoms with Gasteiger partial charge in [-0.2, -0.15) is 5.10 Å². The van der Waals surface area contributed by atoms with Gasteiger partial charge < -0.3 is 9.47 Å². The Morgan fingerprint density at radius 2 is 1.81 bits per heavy atom. The van der Waals surface area contributed by atoms with Gasteiger partial charge in [-0.25, -0.2) is 9.18 Å². The van der Waals surface area contributed by atoms with E-state index in [1.165, 1.54) is 50.6 Å². The molecule has 0 bridgehead atoms. The molecule has 0 atom stereocenters. The average Bonchev–Trinajstić information content (AvgIpc) is 2.68. The summed E-state index contributed by atoms with van der Waals surface area (Å²) >= 11 is 0. The minimum absolute atomic E-state index is 0.268. The van der Waals surface area contributed by atoms with E-state index in [2.05, 4.69) is 10.1 Å². The molecule has 5 nitrogen and oxygen atoms in total. The summed E-state index contributed by atoms with van der Waals surface area (Å²) in [6, 6.07) is 10.4. The number of ether oxygens (including phenoxy) is 2. The van der Waals surface area contributed by atoms with E-state index in [1.54, 1.807) is 18.3 Å². The molecule has 3 rings (SSSR count). The van der Waals surface area contributed by atoms with Gasteiger partial charge in [-0.15, -0.1) is 0 Å². The zero-order valence-electron chi connectivity index (χ0n) is 14.7. The van der Waals surface area contributed by atoms with Crippen molar-refractivity contribution in [2.45, 2.75) is 19.3 Å². The predicted octanol–water partition coefficient (Wildman–Crippen LogP) is 3.87. The van der Waals surface area contributed by atoms with Crippen LogP contribution >= 0.6 is 0 Å². The zero-order chi connectivity index (χ0) is 18.4. The fraction of sp³-hybridized carbons (Fsp3) is 0.300. The molecule has 26 heavy (non-hydrogen) atoms. The van der Waals surface area contributed by atoms with Crippen molar-refractivity contribution in [2.24, 2.45) is 5.10 Å². The van der Waals surface area contributed by atoms with Gasteiger partial charge in [0.05, 0.1) is 18.9 Å². The van der Waals surface area contributed by atoms with Gasteiger partial charge in [0, 0.05) is 13.1 Å². The minimum Gasteiger partial charge on any atom is -0.493 e. The smallest absolute Gasteiger partial charge is 0.343 e. The van der Waals surface area contributed by atoms with Crippen LogP contribution in [0.15, 0.2) is 47.6 Å². The van der Waals surface area contributed by atoms with Crippen LogP contribution in [-0.4, -0.2) is 37.4 Å². The maximum Gasteiger partial charge on any atom is 0.343 e. The number of carbonyl (C=O) groups is 1. The van der Waals surface area contributed by atoms with Crippen LogP contribution in [0.25, 0.3) is 0 Å². The highest BCUT2D eigenvalue weighted by Gasteiger charge is 2.13. The third-order valence-electron chi connectivity index (χ3n) is 4.17. The topological polar surface area (TPSA) is 51.1 Å². The molecule has 0 aromatic heterocycles. The van der Waals surface area contributed by atoms with E-state index < -0.39 is 11.8 Å². The molecule has 0 N–H and O–H groups in total. The van der Waals surface area contributed by atoms with Gasteiger partial charge in [0.2, 0.25) is 0 Å². The van der Waals surface area contributed by atoms with E-state index in [0.29, 0.717) is 11.5 Å². The maximum atomic E-state index is 13.0. The number of nitrogens with zero attached hydrogens (tertiary/aromatic N) is 2. The van der Waals surface area contributed by atoms with Crippen molar-refractivity contribution in [1.82, 2.24) is 5.01 Å². The number of hydrogen-bond acceptors (Lipinski definition) is 5. The number of hydrogen-bond donors (Lipinski definition) is 0. The molecule has 0 spiro atoms. The summed E-state index contributed by atoms with van der Waals surface area (Å²) in [6.45, 7) is 1.95. The second-order valence-electron chi connectivity index (χ2n) is 6.07. The Hall–Kier alpha value is -2.89. The van der Waals surface area contributed by atoms with Crippen LogP contribution in [0.3, 0.4) is 0 Å². The summed E-state index contributed by atoms with van der Waals surface area (Å²) < 4.78 is 23.7. The summed E-state index contributed by atoms with van der Waals surface area (Å²) in [7, 11) is 1.51. The number of rotatable bonds is 5. The average molecular weight is 356 g/mol. The first kappa shape index (κ1) is 17.9. The molecule has 1 fully saturated rings. The molecular weight excluding hydrogens is 335 g/mol. The van der Waals surface area contributed by atoms with E-state index >= 15 is 0 Å². The van der Waals surface area contributed by atoms with Crippen LogP contribution in [0.4, 0.5) is 4.39 Å². The van der Waals surface area contributed by atoms with Crippen LogP contribution in [0, 0.1) is 5.82 Å². The van der Waals surface area contributed by atoms with Crippen LogP contribution in [0.1, 0.15) is 35.2 Å². The molecule has 0 amide bonds. The third-order valence-corrected chi connectivity index (χ3v) is 4.17. The quantitative estimate of drug-likeness (QED) is 0.464. The van der Waals surface area contributed by atoms with Gasteiger partial charge in [0.25, 0.3) is 0 Å². The standard InChI is InChI=1S/C20H21FN2O3/c1-25-19-13-15(14-22-23-11-3-2-4-12-23)5-10-18(19)26-20(24)16-6-8-17(21)9-7-16/h5-10,13-14H,2-4,11-12H2,1H3/b22-14-. The van der Waals surface area contributed by atoms with E-state index in [-0.39, 0.29) is 5.56 Å². The highest BCUT2D eigenvalue weighted by molar-refractivity contribution is 5.91. The highest BCUT2D eigenvalue weighted by atomic mass is 19.1. The number of halogens is 1. The first-order valence-corrected chi connectivity index (χ1v) is 8.60. The molecule has 0 radical (unpaired) electrons. The van der Waals surface area contributed by atoms with Crippen molar-refractivity contribution < 1.29 is 18.7 Å². The van der Waals surface area contributed by atoms with Crippen LogP contribution in [0.5, 0.6) is 11.5 Å². The summed E-state index contributed by atoms with van der Waals surface area (Å²) in [5.41, 5.74) is 1.12. The molecule has 1 aliphatic rings. The largest absolute Gasteiger partial charge is 0.493 e. The second-order valence-corrected chi connectivity index (χ2v) is 6.07. The lowest BCUT2D eigenvalue weighted by atomic mass is 10.2. The predicted molar refractivity (Wildman–Crippen MR) is 97.4 cm³/mol. The van der Waals surface area contributed by atoms with Gasteiger partial charge in [-0.3, -0.25) is 5.01 Å². The number of hydrazone groups is 1. The summed E-state index contributed by atoms with van der Waals surface area (Å²) in [5.74, 6) is -0.241. The monoisotopic (exact) mass is 356 g/mol. The van der Waals surface area contributed by atoms with Crippen molar-refractivity contribution >= 4 is 12.2 Å². The number of carbonyl (C=O) groups excluding carboxylic acids is 1. The number of benzene rings is 2. The van der Waals surface area contributed by atoms with E-state index in [9.17, 15) is 9.18 Å². The molecular formula is C20H21FN2O3. The van der Waals surface area contributed by atoms with Crippen molar-refractivity contribution in [3.63, 3.8) is 0 Å². The Bertz CT molecular complexity index is 784.